The molecule has 1 atom stereocenters. The normalized spacial score (nSPS) is 19.4. The summed E-state index contributed by atoms with van der Waals surface area (Å²) in [5, 5.41) is 2.79. The molecule has 10 heteroatoms. The molecule has 0 saturated carbocycles. The first kappa shape index (κ1) is 15.1. The van der Waals surface area contributed by atoms with Crippen LogP contribution in [0.1, 0.15) is 6.42 Å². The lowest BCUT2D eigenvalue weighted by Gasteiger charge is -2.11. The Hall–Kier alpha value is -0.840. The molecule has 0 aliphatic carbocycles. The molecule has 21 heavy (non-hydrogen) atoms. The number of carbonyl (C=O) groups excluding carboxylic acids is 1. The zero-order valence-corrected chi connectivity index (χ0v) is 14.4. The third-order valence-corrected chi connectivity index (χ3v) is 6.90. The van der Waals surface area contributed by atoms with E-state index < -0.39 is 21.4 Å². The second-order valence-electron chi connectivity index (χ2n) is 4.42. The van der Waals surface area contributed by atoms with Crippen LogP contribution in [0.25, 0.3) is 10.6 Å². The number of hydrogen-bond donors (Lipinski definition) is 0. The lowest BCUT2D eigenvalue weighted by molar-refractivity contribution is -0.117. The van der Waals surface area contributed by atoms with Crippen molar-refractivity contribution in [2.24, 2.45) is 0 Å². The highest BCUT2D eigenvalue weighted by Gasteiger charge is 2.40. The van der Waals surface area contributed by atoms with Crippen molar-refractivity contribution in [2.45, 2.75) is 11.7 Å². The monoisotopic (exact) mass is 410 g/mol. The van der Waals surface area contributed by atoms with Crippen LogP contribution in [-0.4, -0.2) is 31.1 Å². The molecule has 1 aliphatic heterocycles. The number of anilines is 1. The largest absolute Gasteiger partial charge is 0.307 e. The maximum atomic E-state index is 13.0. The Morgan fingerprint density at radius 2 is 2.19 bits per heavy atom. The van der Waals surface area contributed by atoms with E-state index in [1.54, 1.807) is 5.38 Å². The van der Waals surface area contributed by atoms with Crippen LogP contribution in [-0.2, 0) is 15.0 Å². The van der Waals surface area contributed by atoms with Crippen molar-refractivity contribution in [1.29, 1.82) is 0 Å². The van der Waals surface area contributed by atoms with E-state index in [2.05, 4.69) is 20.9 Å². The summed E-state index contributed by atoms with van der Waals surface area (Å²) in [6.07, 6.45) is -0.337. The predicted octanol–water partition coefficient (Wildman–Crippen LogP) is 3.04. The quantitative estimate of drug-likeness (QED) is 0.729. The van der Waals surface area contributed by atoms with Crippen LogP contribution in [0.4, 0.5) is 9.02 Å². The molecule has 112 valence electrons. The summed E-state index contributed by atoms with van der Waals surface area (Å²) < 4.78 is 35.8. The Morgan fingerprint density at radius 1 is 1.43 bits per heavy atom. The number of halogens is 2. The summed E-state index contributed by atoms with van der Waals surface area (Å²) in [6, 6.07) is 1.89. The fourth-order valence-corrected chi connectivity index (χ4v) is 5.14. The van der Waals surface area contributed by atoms with Gasteiger partial charge >= 0.3 is 10.2 Å². The van der Waals surface area contributed by atoms with Crippen LogP contribution in [0.5, 0.6) is 0 Å². The van der Waals surface area contributed by atoms with Gasteiger partial charge in [0.1, 0.15) is 5.25 Å². The number of amides is 1. The van der Waals surface area contributed by atoms with Gasteiger partial charge in [-0.25, -0.2) is 4.98 Å². The number of thiazole rings is 1. The Bertz CT molecular complexity index is 801. The van der Waals surface area contributed by atoms with Crippen molar-refractivity contribution in [3.05, 3.63) is 21.3 Å². The highest BCUT2D eigenvalue weighted by Crippen LogP contribution is 2.37. The first-order valence-electron chi connectivity index (χ1n) is 5.79. The van der Waals surface area contributed by atoms with E-state index in [1.807, 2.05) is 11.4 Å². The van der Waals surface area contributed by atoms with Crippen molar-refractivity contribution >= 4 is 59.9 Å². The van der Waals surface area contributed by atoms with E-state index in [0.717, 1.165) is 9.35 Å². The van der Waals surface area contributed by atoms with Crippen molar-refractivity contribution < 1.29 is 17.1 Å². The molecule has 1 saturated heterocycles. The van der Waals surface area contributed by atoms with E-state index in [9.17, 15) is 17.1 Å². The summed E-state index contributed by atoms with van der Waals surface area (Å²) >= 11 is 6.14. The lowest BCUT2D eigenvalue weighted by Crippen LogP contribution is -2.26. The molecule has 1 amide bonds. The van der Waals surface area contributed by atoms with Crippen LogP contribution in [0.2, 0.25) is 0 Å². The zero-order chi connectivity index (χ0) is 15.2. The highest BCUT2D eigenvalue weighted by molar-refractivity contribution is 9.10. The van der Waals surface area contributed by atoms with E-state index in [0.29, 0.717) is 10.8 Å². The van der Waals surface area contributed by atoms with Gasteiger partial charge in [-0.15, -0.1) is 26.6 Å². The number of nitrogens with zero attached hydrogens (tertiary/aromatic N) is 2. The third-order valence-electron chi connectivity index (χ3n) is 3.06. The van der Waals surface area contributed by atoms with Gasteiger partial charge in [0.05, 0.1) is 10.6 Å². The van der Waals surface area contributed by atoms with Crippen molar-refractivity contribution in [2.75, 3.05) is 11.4 Å². The number of carbonyl (C=O) groups is 1. The minimum absolute atomic E-state index is 0.184. The number of hydrogen-bond acceptors (Lipinski definition) is 6. The smallest absolute Gasteiger partial charge is 0.287 e. The number of rotatable bonds is 3. The summed E-state index contributed by atoms with van der Waals surface area (Å²) in [5.41, 5.74) is 0.705. The van der Waals surface area contributed by atoms with Gasteiger partial charge in [-0.2, -0.15) is 8.42 Å². The molecular weight excluding hydrogens is 403 g/mol. The van der Waals surface area contributed by atoms with Gasteiger partial charge in [0.2, 0.25) is 5.91 Å². The van der Waals surface area contributed by atoms with Crippen LogP contribution >= 0.6 is 38.6 Å². The average molecular weight is 411 g/mol. The summed E-state index contributed by atoms with van der Waals surface area (Å²) in [4.78, 5) is 18.4. The molecule has 0 spiro atoms. The molecule has 1 fully saturated rings. The average Bonchev–Trinajstić information content (AvgIpc) is 3.06. The van der Waals surface area contributed by atoms with Gasteiger partial charge < -0.3 is 0 Å². The van der Waals surface area contributed by atoms with E-state index in [1.165, 1.54) is 27.6 Å². The van der Waals surface area contributed by atoms with E-state index in [4.69, 9.17) is 0 Å². The fourth-order valence-electron chi connectivity index (χ4n) is 2.02. The standard InChI is InChI=1S/C11H8BrFN2O3S3/c12-7-1-2-19-10(7)8-5-20-11(14-8)15-4-6(3-9(15)16)21(13,17)18/h1-2,5-6H,3-4H2. The first-order chi connectivity index (χ1) is 9.86. The predicted molar refractivity (Wildman–Crippen MR) is 83.9 cm³/mol. The molecule has 5 nitrogen and oxygen atoms in total. The topological polar surface area (TPSA) is 67.3 Å². The van der Waals surface area contributed by atoms with Gasteiger partial charge in [0.25, 0.3) is 0 Å². The van der Waals surface area contributed by atoms with Crippen molar-refractivity contribution in [1.82, 2.24) is 4.98 Å². The van der Waals surface area contributed by atoms with Crippen LogP contribution in [0.3, 0.4) is 0 Å². The second-order valence-corrected chi connectivity index (χ2v) is 8.64. The lowest BCUT2D eigenvalue weighted by atomic mass is 10.4. The van der Waals surface area contributed by atoms with Crippen molar-refractivity contribution in [3.63, 3.8) is 0 Å². The number of thiophene rings is 1. The molecule has 2 aromatic heterocycles. The van der Waals surface area contributed by atoms with Gasteiger partial charge in [-0.05, 0) is 27.4 Å². The van der Waals surface area contributed by atoms with E-state index in [-0.39, 0.29) is 13.0 Å². The molecular formula is C11H8BrFN2O3S3. The molecule has 0 aromatic carbocycles. The van der Waals surface area contributed by atoms with Gasteiger partial charge in [-0.3, -0.25) is 9.69 Å². The maximum absolute atomic E-state index is 13.0. The number of aromatic nitrogens is 1. The van der Waals surface area contributed by atoms with Gasteiger partial charge in [0.15, 0.2) is 5.13 Å². The summed E-state index contributed by atoms with van der Waals surface area (Å²) in [6.45, 7) is -0.184. The Balaban J connectivity index is 1.88. The zero-order valence-electron chi connectivity index (χ0n) is 10.3. The molecule has 3 heterocycles. The second kappa shape index (κ2) is 5.41. The maximum Gasteiger partial charge on any atom is 0.307 e. The van der Waals surface area contributed by atoms with Gasteiger partial charge in [0, 0.05) is 22.8 Å². The first-order valence-corrected chi connectivity index (χ1v) is 9.79. The van der Waals surface area contributed by atoms with Crippen LogP contribution < -0.4 is 4.90 Å². The molecule has 0 N–H and O–H groups in total. The summed E-state index contributed by atoms with van der Waals surface area (Å²) in [7, 11) is -4.71. The van der Waals surface area contributed by atoms with E-state index >= 15 is 0 Å². The molecule has 0 bridgehead atoms. The molecule has 1 unspecified atom stereocenters. The van der Waals surface area contributed by atoms with Crippen LogP contribution in [0.15, 0.2) is 21.3 Å². The fraction of sp³-hybridized carbons (Fsp3) is 0.273. The molecule has 1 aliphatic rings. The third kappa shape index (κ3) is 2.89. The molecule has 0 radical (unpaired) electrons. The highest BCUT2D eigenvalue weighted by atomic mass is 79.9. The van der Waals surface area contributed by atoms with Crippen LogP contribution in [0, 0.1) is 0 Å². The Labute approximate surface area is 136 Å². The Morgan fingerprint density at radius 3 is 2.76 bits per heavy atom. The molecule has 2 aromatic rings. The Kier molecular flexibility index (Phi) is 3.89. The summed E-state index contributed by atoms with van der Waals surface area (Å²) in [5.74, 6) is -0.424. The van der Waals surface area contributed by atoms with Crippen molar-refractivity contribution in [3.8, 4) is 10.6 Å². The SMILES string of the molecule is O=C1CC(S(=O)(=O)F)CN1c1nc(-c2sccc2Br)cs1. The minimum Gasteiger partial charge on any atom is -0.287 e. The molecule has 3 rings (SSSR count). The minimum atomic E-state index is -4.71. The van der Waals surface area contributed by atoms with Gasteiger partial charge in [-0.1, -0.05) is 0 Å².